The first-order valence-corrected chi connectivity index (χ1v) is 27.0. The van der Waals surface area contributed by atoms with Gasteiger partial charge in [0, 0.05) is 6.42 Å². The summed E-state index contributed by atoms with van der Waals surface area (Å²) in [6, 6.07) is -0.869. The van der Waals surface area contributed by atoms with Crippen LogP contribution in [-0.4, -0.2) is 73.4 Å². The van der Waals surface area contributed by atoms with Crippen LogP contribution in [0.3, 0.4) is 0 Å². The molecule has 0 aliphatic rings. The maximum Gasteiger partial charge on any atom is 0.472 e. The highest BCUT2D eigenvalue weighted by molar-refractivity contribution is 7.47. The molecule has 0 aliphatic heterocycles. The van der Waals surface area contributed by atoms with Crippen molar-refractivity contribution in [1.29, 1.82) is 0 Å². The molecule has 358 valence electrons. The highest BCUT2D eigenvalue weighted by atomic mass is 31.2. The summed E-state index contributed by atoms with van der Waals surface area (Å²) in [7, 11) is 1.54. The van der Waals surface area contributed by atoms with Crippen LogP contribution < -0.4 is 5.32 Å². The molecule has 0 heterocycles. The average molecular weight is 880 g/mol. The van der Waals surface area contributed by atoms with Crippen LogP contribution in [0, 0.1) is 0 Å². The summed E-state index contributed by atoms with van der Waals surface area (Å²) < 4.78 is 23.6. The summed E-state index contributed by atoms with van der Waals surface area (Å²) >= 11 is 0. The second-order valence-corrected chi connectivity index (χ2v) is 20.0. The van der Waals surface area contributed by atoms with Crippen LogP contribution in [0.4, 0.5) is 0 Å². The molecule has 0 fully saturated rings. The second-order valence-electron chi connectivity index (χ2n) is 18.5. The van der Waals surface area contributed by atoms with Crippen molar-refractivity contribution in [2.24, 2.45) is 0 Å². The molecule has 0 aromatic carbocycles. The molecule has 0 aromatic heterocycles. The molecule has 0 spiro atoms. The molecule has 3 N–H and O–H groups in total. The predicted octanol–water partition coefficient (Wildman–Crippen LogP) is 14.8. The number of amides is 1. The van der Waals surface area contributed by atoms with Crippen molar-refractivity contribution in [3.05, 3.63) is 48.6 Å². The third-order valence-corrected chi connectivity index (χ3v) is 12.2. The zero-order chi connectivity index (χ0) is 45.0. The monoisotopic (exact) mass is 880 g/mol. The largest absolute Gasteiger partial charge is 0.472 e. The molecule has 8 nitrogen and oxygen atoms in total. The maximum atomic E-state index is 12.9. The van der Waals surface area contributed by atoms with Gasteiger partial charge in [0.1, 0.15) is 13.2 Å². The van der Waals surface area contributed by atoms with Crippen LogP contribution in [0.1, 0.15) is 226 Å². The van der Waals surface area contributed by atoms with Crippen molar-refractivity contribution in [3.63, 3.8) is 0 Å². The lowest BCUT2D eigenvalue weighted by Gasteiger charge is -2.25. The number of aliphatic hydroxyl groups excluding tert-OH is 1. The average Bonchev–Trinajstić information content (AvgIpc) is 3.21. The Morgan fingerprint density at radius 2 is 0.918 bits per heavy atom. The smallest absolute Gasteiger partial charge is 0.387 e. The first-order valence-electron chi connectivity index (χ1n) is 25.5. The molecule has 0 saturated carbocycles. The lowest BCUT2D eigenvalue weighted by atomic mass is 10.0. The van der Waals surface area contributed by atoms with Crippen LogP contribution in [-0.2, 0) is 18.4 Å². The van der Waals surface area contributed by atoms with Gasteiger partial charge in [-0.25, -0.2) is 4.57 Å². The molecule has 0 aromatic rings. The summed E-state index contributed by atoms with van der Waals surface area (Å²) in [6.45, 7) is 4.74. The molecule has 0 aliphatic carbocycles. The van der Waals surface area contributed by atoms with E-state index in [-0.39, 0.29) is 19.1 Å². The van der Waals surface area contributed by atoms with Crippen molar-refractivity contribution in [1.82, 2.24) is 5.32 Å². The lowest BCUT2D eigenvalue weighted by molar-refractivity contribution is -0.870. The minimum atomic E-state index is -4.35. The summed E-state index contributed by atoms with van der Waals surface area (Å²) in [5.41, 5.74) is 0. The maximum absolute atomic E-state index is 12.9. The Morgan fingerprint density at radius 3 is 1.36 bits per heavy atom. The molecule has 9 heteroatoms. The number of hydrogen-bond acceptors (Lipinski definition) is 5. The third kappa shape index (κ3) is 46.3. The number of quaternary nitrogens is 1. The fraction of sp³-hybridized carbons (Fsp3) is 0.827. The molecule has 1 amide bonds. The van der Waals surface area contributed by atoms with E-state index >= 15 is 0 Å². The minimum Gasteiger partial charge on any atom is -0.387 e. The standard InChI is InChI=1S/C52H99N2O6P/c1-6-8-10-12-14-16-18-20-21-22-23-24-25-26-27-28-29-30-31-32-33-34-36-38-40-42-44-46-52(56)53-50(49-60-61(57,58)59-48-47-54(3,4)5)51(55)45-43-41-39-37-35-19-17-15-13-11-9-7-2/h13,15,26-27,35,37,43,45,50-51,55H,6-12,14,16-25,28-34,36,38-42,44,46-49H2,1-5H3,(H-,53,56,57,58)/p+1/b15-13+,27-26-,37-35+,45-43+. The topological polar surface area (TPSA) is 105 Å². The van der Waals surface area contributed by atoms with E-state index < -0.39 is 20.0 Å². The van der Waals surface area contributed by atoms with Gasteiger partial charge in [0.25, 0.3) is 0 Å². The summed E-state index contributed by atoms with van der Waals surface area (Å²) in [5, 5.41) is 13.8. The van der Waals surface area contributed by atoms with E-state index in [1.165, 1.54) is 154 Å². The fourth-order valence-corrected chi connectivity index (χ4v) is 7.91. The number of unbranched alkanes of at least 4 members (excludes halogenated alkanes) is 27. The number of carbonyl (C=O) groups is 1. The molecule has 61 heavy (non-hydrogen) atoms. The van der Waals surface area contributed by atoms with Gasteiger partial charge in [-0.05, 0) is 64.2 Å². The normalized spacial score (nSPS) is 14.5. The van der Waals surface area contributed by atoms with E-state index in [2.05, 4.69) is 55.6 Å². The first-order chi connectivity index (χ1) is 29.5. The fourth-order valence-electron chi connectivity index (χ4n) is 7.17. The Kier molecular flexibility index (Phi) is 42.6. The van der Waals surface area contributed by atoms with Gasteiger partial charge in [0.15, 0.2) is 0 Å². The Balaban J connectivity index is 4.17. The first kappa shape index (κ1) is 59.5. The molecule has 0 rings (SSSR count). The van der Waals surface area contributed by atoms with Crippen LogP contribution in [0.5, 0.6) is 0 Å². The summed E-state index contributed by atoms with van der Waals surface area (Å²) in [4.78, 5) is 23.2. The zero-order valence-electron chi connectivity index (χ0n) is 40.7. The van der Waals surface area contributed by atoms with E-state index in [1.54, 1.807) is 6.08 Å². The van der Waals surface area contributed by atoms with E-state index in [9.17, 15) is 19.4 Å². The van der Waals surface area contributed by atoms with Gasteiger partial charge in [-0.15, -0.1) is 0 Å². The summed E-state index contributed by atoms with van der Waals surface area (Å²) in [5.74, 6) is -0.193. The Hall–Kier alpha value is -1.54. The number of nitrogens with one attached hydrogen (secondary N) is 1. The van der Waals surface area contributed by atoms with Crippen LogP contribution in [0.2, 0.25) is 0 Å². The molecule has 3 unspecified atom stereocenters. The minimum absolute atomic E-state index is 0.0526. The van der Waals surface area contributed by atoms with E-state index in [4.69, 9.17) is 9.05 Å². The highest BCUT2D eigenvalue weighted by Crippen LogP contribution is 2.43. The van der Waals surface area contributed by atoms with Crippen LogP contribution in [0.15, 0.2) is 48.6 Å². The number of phosphoric acid groups is 1. The number of nitrogens with zero attached hydrogens (tertiary/aromatic N) is 1. The van der Waals surface area contributed by atoms with Gasteiger partial charge >= 0.3 is 7.82 Å². The number of phosphoric ester groups is 1. The Bertz CT molecular complexity index is 1130. The number of carbonyl (C=O) groups excluding carboxylic acids is 1. The van der Waals surface area contributed by atoms with Gasteiger partial charge in [0.2, 0.25) is 5.91 Å². The lowest BCUT2D eigenvalue weighted by Crippen LogP contribution is -2.45. The second kappa shape index (κ2) is 43.7. The van der Waals surface area contributed by atoms with Gasteiger partial charge in [-0.2, -0.15) is 0 Å². The van der Waals surface area contributed by atoms with Crippen LogP contribution in [0.25, 0.3) is 0 Å². The van der Waals surface area contributed by atoms with Crippen molar-refractivity contribution < 1.29 is 32.9 Å². The number of rotatable bonds is 46. The molecular formula is C52H100N2O6P+. The van der Waals surface area contributed by atoms with Gasteiger partial charge in [-0.1, -0.05) is 204 Å². The molecule has 0 radical (unpaired) electrons. The number of aliphatic hydroxyl groups is 1. The van der Waals surface area contributed by atoms with Crippen molar-refractivity contribution >= 4 is 13.7 Å². The van der Waals surface area contributed by atoms with Gasteiger partial charge in [-0.3, -0.25) is 13.8 Å². The number of likely N-dealkylation sites (N-methyl/N-ethyl adjacent to an activating group) is 1. The number of hydrogen-bond donors (Lipinski definition) is 3. The Labute approximate surface area is 378 Å². The third-order valence-electron chi connectivity index (χ3n) is 11.2. The van der Waals surface area contributed by atoms with Crippen molar-refractivity contribution in [2.75, 3.05) is 40.9 Å². The van der Waals surface area contributed by atoms with E-state index in [0.717, 1.165) is 51.4 Å². The summed E-state index contributed by atoms with van der Waals surface area (Å²) in [6.07, 6.45) is 56.4. The van der Waals surface area contributed by atoms with Gasteiger partial charge < -0.3 is 19.8 Å². The van der Waals surface area contributed by atoms with Crippen molar-refractivity contribution in [2.45, 2.75) is 238 Å². The Morgan fingerprint density at radius 1 is 0.541 bits per heavy atom. The SMILES string of the molecule is CCCC/C=C/CC/C=C/CC/C=C/C(O)C(COP(=O)(O)OCC[N+](C)(C)C)NC(=O)CCCCCCCCCCCCC/C=C\CCCCCCCCCCCCCC. The van der Waals surface area contributed by atoms with Crippen molar-refractivity contribution in [3.8, 4) is 0 Å². The molecule has 0 bridgehead atoms. The zero-order valence-corrected chi connectivity index (χ0v) is 41.5. The van der Waals surface area contributed by atoms with E-state index in [1.807, 2.05) is 27.2 Å². The van der Waals surface area contributed by atoms with E-state index in [0.29, 0.717) is 17.4 Å². The van der Waals surface area contributed by atoms with Gasteiger partial charge in [0.05, 0.1) is 39.9 Å². The number of allylic oxidation sites excluding steroid dienone is 7. The molecule has 3 atom stereocenters. The highest BCUT2D eigenvalue weighted by Gasteiger charge is 2.27. The molecule has 0 saturated heterocycles. The molecular weight excluding hydrogens is 780 g/mol. The van der Waals surface area contributed by atoms with Crippen LogP contribution >= 0.6 is 7.82 Å². The predicted molar refractivity (Wildman–Crippen MR) is 263 cm³/mol. The quantitative estimate of drug-likeness (QED) is 0.0243.